The molecule has 0 radical (unpaired) electrons. The average molecular weight is 877 g/mol. The molecule has 4 heterocycles. The Kier molecular flexibility index (Phi) is 8.44. The molecule has 13 aromatic rings. The van der Waals surface area contributed by atoms with Crippen LogP contribution in [0.15, 0.2) is 194 Å². The third-order valence-electron chi connectivity index (χ3n) is 16.8. The van der Waals surface area contributed by atoms with Crippen molar-refractivity contribution in [2.24, 2.45) is 0 Å². The van der Waals surface area contributed by atoms with Crippen LogP contribution >= 0.6 is 0 Å². The molecule has 13 rings (SSSR count). The van der Waals surface area contributed by atoms with Gasteiger partial charge in [0.15, 0.2) is 0 Å². The van der Waals surface area contributed by atoms with E-state index in [1.165, 1.54) is 121 Å². The van der Waals surface area contributed by atoms with Gasteiger partial charge in [-0.3, -0.25) is 0 Å². The topological polar surface area (TPSA) is 8.82 Å². The normalized spacial score (nSPS) is 13.3. The van der Waals surface area contributed by atoms with Crippen LogP contribution in [0.1, 0.15) is 99.9 Å². The van der Waals surface area contributed by atoms with Gasteiger partial charge in [-0.2, -0.15) is 0 Å². The Morgan fingerprint density at radius 3 is 0.809 bits per heavy atom. The predicted molar refractivity (Wildman–Crippen MR) is 290 cm³/mol. The van der Waals surface area contributed by atoms with Crippen LogP contribution < -0.4 is 0 Å². The molecule has 4 aromatic heterocycles. The third kappa shape index (κ3) is 5.46. The Hall–Kier alpha value is -7.42. The van der Waals surface area contributed by atoms with Gasteiger partial charge in [-0.05, 0) is 80.9 Å². The van der Waals surface area contributed by atoms with Crippen molar-refractivity contribution < 1.29 is 0 Å². The number of aromatic nitrogens is 2. The molecule has 0 saturated heterocycles. The maximum absolute atomic E-state index is 2.64. The molecule has 0 atom stereocenters. The van der Waals surface area contributed by atoms with E-state index in [1.807, 2.05) is 0 Å². The Morgan fingerprint density at radius 2 is 0.500 bits per heavy atom. The van der Waals surface area contributed by atoms with Gasteiger partial charge < -0.3 is 8.80 Å². The number of fused-ring (bicyclic) bond motifs is 14. The summed E-state index contributed by atoms with van der Waals surface area (Å²) in [4.78, 5) is 0. The Morgan fingerprint density at radius 1 is 0.235 bits per heavy atom. The van der Waals surface area contributed by atoms with E-state index in [-0.39, 0.29) is 21.7 Å². The molecule has 0 aliphatic carbocycles. The minimum absolute atomic E-state index is 0.204. The summed E-state index contributed by atoms with van der Waals surface area (Å²) < 4.78 is 5.28. The van der Waals surface area contributed by atoms with Gasteiger partial charge in [0, 0.05) is 64.7 Å². The van der Waals surface area contributed by atoms with E-state index in [1.54, 1.807) is 0 Å². The second kappa shape index (κ2) is 14.1. The highest BCUT2D eigenvalue weighted by Gasteiger charge is 2.34. The van der Waals surface area contributed by atoms with Crippen molar-refractivity contribution in [3.63, 3.8) is 0 Å². The zero-order valence-corrected chi connectivity index (χ0v) is 40.4. The number of nitrogens with zero attached hydrogens (tertiary/aromatic N) is 2. The lowest BCUT2D eigenvalue weighted by Crippen LogP contribution is -2.18. The van der Waals surface area contributed by atoms with Gasteiger partial charge in [0.25, 0.3) is 0 Å². The summed E-state index contributed by atoms with van der Waals surface area (Å²) in [6, 6.07) is 73.5. The Balaban J connectivity index is 1.22. The molecular weight excluding hydrogens is 821 g/mol. The molecule has 9 aromatic carbocycles. The number of hydrogen-bond donors (Lipinski definition) is 0. The van der Waals surface area contributed by atoms with E-state index in [0.29, 0.717) is 0 Å². The standard InChI is InChI=1S/C66H56N2/c1-63(2,41-21-13-9-14-22-41)45-31-35-53-51(37-45)59-57-49-33-29-48(66(7,8)44-27-19-12-20-28-44)40-56(49)68-54-36-32-46(64(3,4)42-23-15-10-16-24-42)38-52(54)60(62(57)68)58-50-34-30-47(39-55(50)67(53)61(58)59)65(5,6)43-25-17-11-18-26-43/h9-40H,1-8H3. The van der Waals surface area contributed by atoms with Gasteiger partial charge >= 0.3 is 0 Å². The predicted octanol–water partition coefficient (Wildman–Crippen LogP) is 17.3. The van der Waals surface area contributed by atoms with Crippen LogP contribution in [-0.4, -0.2) is 8.80 Å². The van der Waals surface area contributed by atoms with Crippen LogP contribution in [-0.2, 0) is 21.7 Å². The SMILES string of the molecule is CC(C)(c1ccccc1)c1ccc2c(c1)c1c3c4ccc(C(C)(C)c5ccccc5)cc4n4c5ccc(C(C)(C)c6ccccc6)cc5c(c5c6ccc(C(C)(C)c7ccccc7)cc6n2c15)c34. The summed E-state index contributed by atoms with van der Waals surface area (Å²) >= 11 is 0. The minimum atomic E-state index is -0.210. The lowest BCUT2D eigenvalue weighted by molar-refractivity contribution is 0.641. The van der Waals surface area contributed by atoms with Crippen molar-refractivity contribution in [2.75, 3.05) is 0 Å². The zero-order valence-electron chi connectivity index (χ0n) is 40.4. The second-order valence-electron chi connectivity index (χ2n) is 21.8. The van der Waals surface area contributed by atoms with Gasteiger partial charge in [0.2, 0.25) is 0 Å². The summed E-state index contributed by atoms with van der Waals surface area (Å²) in [5.41, 5.74) is 17.3. The summed E-state index contributed by atoms with van der Waals surface area (Å²) in [6.45, 7) is 19.0. The van der Waals surface area contributed by atoms with E-state index in [4.69, 9.17) is 0 Å². The third-order valence-corrected chi connectivity index (χ3v) is 16.8. The highest BCUT2D eigenvalue weighted by atomic mass is 14.9. The first-order valence-electron chi connectivity index (χ1n) is 24.4. The van der Waals surface area contributed by atoms with Crippen LogP contribution in [0, 0.1) is 0 Å². The van der Waals surface area contributed by atoms with Crippen molar-refractivity contribution >= 4 is 76.2 Å². The van der Waals surface area contributed by atoms with Gasteiger partial charge in [0.05, 0.1) is 33.1 Å². The lowest BCUT2D eigenvalue weighted by atomic mass is 9.77. The maximum atomic E-state index is 2.64. The highest BCUT2D eigenvalue weighted by Crippen LogP contribution is 2.54. The number of hydrogen-bond acceptors (Lipinski definition) is 0. The van der Waals surface area contributed by atoms with Crippen LogP contribution in [0.4, 0.5) is 0 Å². The first-order chi connectivity index (χ1) is 32.8. The Bertz CT molecular complexity index is 3820. The largest absolute Gasteiger partial charge is 0.308 e. The van der Waals surface area contributed by atoms with Gasteiger partial charge in [-0.1, -0.05) is 213 Å². The second-order valence-corrected chi connectivity index (χ2v) is 21.8. The molecule has 0 fully saturated rings. The highest BCUT2D eigenvalue weighted by molar-refractivity contribution is 6.45. The van der Waals surface area contributed by atoms with Gasteiger partial charge in [0.1, 0.15) is 0 Å². The van der Waals surface area contributed by atoms with Crippen molar-refractivity contribution in [1.82, 2.24) is 8.80 Å². The molecule has 330 valence electrons. The fourth-order valence-electron chi connectivity index (χ4n) is 12.3. The van der Waals surface area contributed by atoms with E-state index in [0.717, 1.165) is 0 Å². The van der Waals surface area contributed by atoms with Crippen LogP contribution in [0.5, 0.6) is 0 Å². The molecule has 0 amide bonds. The molecule has 2 nitrogen and oxygen atoms in total. The monoisotopic (exact) mass is 876 g/mol. The molecule has 0 N–H and O–H groups in total. The van der Waals surface area contributed by atoms with Gasteiger partial charge in [-0.25, -0.2) is 0 Å². The molecule has 0 bridgehead atoms. The van der Waals surface area contributed by atoms with E-state index in [9.17, 15) is 0 Å². The van der Waals surface area contributed by atoms with Crippen LogP contribution in [0.2, 0.25) is 0 Å². The Labute approximate surface area is 398 Å². The molecule has 2 heteroatoms. The average Bonchev–Trinajstić information content (AvgIpc) is 4.10. The molecule has 0 spiro atoms. The molecule has 0 aliphatic heterocycles. The fourth-order valence-corrected chi connectivity index (χ4v) is 12.3. The first kappa shape index (κ1) is 40.8. The van der Waals surface area contributed by atoms with Crippen LogP contribution in [0.3, 0.4) is 0 Å². The van der Waals surface area contributed by atoms with Crippen LogP contribution in [0.25, 0.3) is 76.2 Å². The zero-order chi connectivity index (χ0) is 46.5. The van der Waals surface area contributed by atoms with Gasteiger partial charge in [-0.15, -0.1) is 0 Å². The smallest absolute Gasteiger partial charge is 0.0634 e. The van der Waals surface area contributed by atoms with Crippen molar-refractivity contribution in [2.45, 2.75) is 77.0 Å². The quantitative estimate of drug-likeness (QED) is 0.144. The number of benzene rings is 9. The summed E-state index contributed by atoms with van der Waals surface area (Å²) in [5, 5.41) is 10.6. The maximum Gasteiger partial charge on any atom is 0.0634 e. The van der Waals surface area contributed by atoms with E-state index >= 15 is 0 Å². The summed E-state index contributed by atoms with van der Waals surface area (Å²) in [7, 11) is 0. The lowest BCUT2D eigenvalue weighted by Gasteiger charge is -2.27. The molecular formula is C66H56N2. The molecule has 0 saturated carbocycles. The van der Waals surface area contributed by atoms with E-state index < -0.39 is 0 Å². The fraction of sp³-hybridized carbons (Fsp3) is 0.182. The van der Waals surface area contributed by atoms with E-state index in [2.05, 4.69) is 258 Å². The van der Waals surface area contributed by atoms with Crippen molar-refractivity contribution in [3.8, 4) is 0 Å². The number of rotatable bonds is 8. The molecule has 68 heavy (non-hydrogen) atoms. The first-order valence-corrected chi connectivity index (χ1v) is 24.4. The minimum Gasteiger partial charge on any atom is -0.308 e. The van der Waals surface area contributed by atoms with Crippen molar-refractivity contribution in [1.29, 1.82) is 0 Å². The summed E-state index contributed by atoms with van der Waals surface area (Å²) in [5.74, 6) is 0. The summed E-state index contributed by atoms with van der Waals surface area (Å²) in [6.07, 6.45) is 0. The molecule has 0 unspecified atom stereocenters. The van der Waals surface area contributed by atoms with Crippen molar-refractivity contribution in [3.05, 3.63) is 239 Å². The molecule has 0 aliphatic rings.